The van der Waals surface area contributed by atoms with Crippen LogP contribution in [0, 0.1) is 6.92 Å². The van der Waals surface area contributed by atoms with Crippen molar-refractivity contribution < 1.29 is 9.53 Å². The molecule has 1 heterocycles. The summed E-state index contributed by atoms with van der Waals surface area (Å²) < 4.78 is 7.24. The lowest BCUT2D eigenvalue weighted by atomic mass is 10.1. The van der Waals surface area contributed by atoms with Crippen molar-refractivity contribution in [2.75, 3.05) is 6.61 Å². The number of carbonyl (C=O) groups excluding carboxylic acids is 1. The van der Waals surface area contributed by atoms with Crippen LogP contribution >= 0.6 is 0 Å². The van der Waals surface area contributed by atoms with Crippen LogP contribution in [-0.4, -0.2) is 17.1 Å². The molecule has 0 atom stereocenters. The van der Waals surface area contributed by atoms with Gasteiger partial charge in [-0.05, 0) is 25.0 Å². The molecule has 0 radical (unpaired) electrons. The molecule has 0 saturated heterocycles. The van der Waals surface area contributed by atoms with Crippen LogP contribution in [0.1, 0.15) is 29.4 Å². The summed E-state index contributed by atoms with van der Waals surface area (Å²) in [6.45, 7) is 4.39. The molecule has 0 saturated carbocycles. The Kier molecular flexibility index (Phi) is 4.05. The van der Waals surface area contributed by atoms with Crippen molar-refractivity contribution in [3.63, 3.8) is 0 Å². The number of hydrogen-bond acceptors (Lipinski definition) is 2. The first-order chi connectivity index (χ1) is 9.15. The third-order valence-electron chi connectivity index (χ3n) is 3.26. The summed E-state index contributed by atoms with van der Waals surface area (Å²) in [6.07, 6.45) is 0.836. The highest BCUT2D eigenvalue weighted by Gasteiger charge is 2.17. The minimum Gasteiger partial charge on any atom is -0.462 e. The maximum atomic E-state index is 12.0. The zero-order chi connectivity index (χ0) is 13.8. The lowest BCUT2D eigenvalue weighted by molar-refractivity contribution is 0.0504. The summed E-state index contributed by atoms with van der Waals surface area (Å²) in [5, 5.41) is 0. The van der Waals surface area contributed by atoms with E-state index in [1.807, 2.05) is 61.9 Å². The van der Waals surface area contributed by atoms with Crippen molar-refractivity contribution in [1.82, 2.24) is 4.57 Å². The van der Waals surface area contributed by atoms with Gasteiger partial charge in [0.1, 0.15) is 0 Å². The molecule has 0 fully saturated rings. The molecule has 1 aromatic heterocycles. The van der Waals surface area contributed by atoms with Crippen molar-refractivity contribution in [2.45, 2.75) is 20.3 Å². The molecule has 3 heteroatoms. The first-order valence-electron chi connectivity index (χ1n) is 6.54. The molecule has 0 spiro atoms. The van der Waals surface area contributed by atoms with Crippen molar-refractivity contribution >= 4 is 5.97 Å². The van der Waals surface area contributed by atoms with Gasteiger partial charge < -0.3 is 9.30 Å². The first-order valence-corrected chi connectivity index (χ1v) is 6.54. The fourth-order valence-corrected chi connectivity index (χ4v) is 2.06. The number of rotatable bonds is 4. The lowest BCUT2D eigenvalue weighted by Gasteiger charge is -2.05. The van der Waals surface area contributed by atoms with Gasteiger partial charge in [-0.25, -0.2) is 4.79 Å². The summed E-state index contributed by atoms with van der Waals surface area (Å²) in [5.74, 6) is -0.239. The molecular weight excluding hydrogens is 238 g/mol. The molecule has 0 aliphatic carbocycles. The number of hydrogen-bond donors (Lipinski definition) is 0. The van der Waals surface area contributed by atoms with E-state index in [2.05, 4.69) is 0 Å². The fourth-order valence-electron chi connectivity index (χ4n) is 2.06. The Balaban J connectivity index is 2.36. The quantitative estimate of drug-likeness (QED) is 0.784. The predicted molar refractivity (Wildman–Crippen MR) is 76.2 cm³/mol. The molecule has 2 aromatic rings. The molecule has 3 nitrogen and oxygen atoms in total. The van der Waals surface area contributed by atoms with E-state index in [1.54, 1.807) is 0 Å². The molecular formula is C16H19NO2. The Morgan fingerprint density at radius 1 is 1.26 bits per heavy atom. The number of aromatic nitrogens is 1. The smallest absolute Gasteiger partial charge is 0.339 e. The van der Waals surface area contributed by atoms with Crippen molar-refractivity contribution in [3.05, 3.63) is 47.7 Å². The molecule has 0 aliphatic rings. The van der Waals surface area contributed by atoms with Crippen molar-refractivity contribution in [3.8, 4) is 11.3 Å². The van der Waals surface area contributed by atoms with Crippen LogP contribution in [0.15, 0.2) is 36.4 Å². The van der Waals surface area contributed by atoms with Gasteiger partial charge in [-0.3, -0.25) is 0 Å². The van der Waals surface area contributed by atoms with E-state index >= 15 is 0 Å². The number of nitrogens with zero attached hydrogens (tertiary/aromatic N) is 1. The number of ether oxygens (including phenoxy) is 1. The Labute approximate surface area is 113 Å². The molecule has 1 aromatic carbocycles. The summed E-state index contributed by atoms with van der Waals surface area (Å²) in [7, 11) is 1.97. The number of carbonyl (C=O) groups is 1. The second-order valence-corrected chi connectivity index (χ2v) is 4.59. The van der Waals surface area contributed by atoms with Crippen molar-refractivity contribution in [1.29, 1.82) is 0 Å². The summed E-state index contributed by atoms with van der Waals surface area (Å²) in [4.78, 5) is 12.0. The molecule has 0 bridgehead atoms. The molecule has 0 aliphatic heterocycles. The summed E-state index contributed by atoms with van der Waals surface area (Å²) in [5.41, 5.74) is 3.71. The molecule has 0 amide bonds. The van der Waals surface area contributed by atoms with Gasteiger partial charge in [0.15, 0.2) is 0 Å². The Morgan fingerprint density at radius 2 is 1.95 bits per heavy atom. The molecule has 100 valence electrons. The van der Waals surface area contributed by atoms with Crippen LogP contribution in [0.4, 0.5) is 0 Å². The topological polar surface area (TPSA) is 31.2 Å². The minimum absolute atomic E-state index is 0.239. The monoisotopic (exact) mass is 257 g/mol. The largest absolute Gasteiger partial charge is 0.462 e. The highest BCUT2D eigenvalue weighted by Crippen LogP contribution is 2.25. The molecule has 2 rings (SSSR count). The highest BCUT2D eigenvalue weighted by atomic mass is 16.5. The van der Waals surface area contributed by atoms with Gasteiger partial charge in [-0.15, -0.1) is 0 Å². The summed E-state index contributed by atoms with van der Waals surface area (Å²) in [6, 6.07) is 11.9. The molecule has 0 N–H and O–H groups in total. The van der Waals surface area contributed by atoms with Gasteiger partial charge >= 0.3 is 5.97 Å². The van der Waals surface area contributed by atoms with E-state index in [1.165, 1.54) is 0 Å². The summed E-state index contributed by atoms with van der Waals surface area (Å²) >= 11 is 0. The third-order valence-corrected chi connectivity index (χ3v) is 3.26. The molecule has 19 heavy (non-hydrogen) atoms. The Morgan fingerprint density at radius 3 is 2.58 bits per heavy atom. The van der Waals surface area contributed by atoms with Gasteiger partial charge in [-0.1, -0.05) is 37.3 Å². The molecule has 0 unspecified atom stereocenters. The zero-order valence-electron chi connectivity index (χ0n) is 11.6. The van der Waals surface area contributed by atoms with Crippen LogP contribution in [0.3, 0.4) is 0 Å². The maximum Gasteiger partial charge on any atom is 0.339 e. The maximum absolute atomic E-state index is 12.0. The van der Waals surface area contributed by atoms with Gasteiger partial charge in [0.05, 0.1) is 12.2 Å². The van der Waals surface area contributed by atoms with E-state index < -0.39 is 0 Å². The van der Waals surface area contributed by atoms with E-state index in [0.717, 1.165) is 23.4 Å². The van der Waals surface area contributed by atoms with Gasteiger partial charge in [-0.2, -0.15) is 0 Å². The SMILES string of the molecule is CCCOC(=O)c1cc(-c2ccccc2)n(C)c1C. The van der Waals surface area contributed by atoms with E-state index in [0.29, 0.717) is 12.2 Å². The van der Waals surface area contributed by atoms with E-state index in [9.17, 15) is 4.79 Å². The Hall–Kier alpha value is -2.03. The fraction of sp³-hybridized carbons (Fsp3) is 0.312. The van der Waals surface area contributed by atoms with Crippen LogP contribution < -0.4 is 0 Å². The van der Waals surface area contributed by atoms with Gasteiger partial charge in [0, 0.05) is 18.4 Å². The van der Waals surface area contributed by atoms with Gasteiger partial charge in [0.25, 0.3) is 0 Å². The van der Waals surface area contributed by atoms with Crippen LogP contribution in [0.2, 0.25) is 0 Å². The normalized spacial score (nSPS) is 10.5. The highest BCUT2D eigenvalue weighted by molar-refractivity contribution is 5.92. The average molecular weight is 257 g/mol. The second-order valence-electron chi connectivity index (χ2n) is 4.59. The van der Waals surface area contributed by atoms with Crippen molar-refractivity contribution in [2.24, 2.45) is 7.05 Å². The average Bonchev–Trinajstić information content (AvgIpc) is 2.74. The predicted octanol–water partition coefficient (Wildman–Crippen LogP) is 3.57. The zero-order valence-corrected chi connectivity index (χ0v) is 11.6. The van der Waals surface area contributed by atoms with E-state index in [-0.39, 0.29) is 5.97 Å². The van der Waals surface area contributed by atoms with Crippen LogP contribution in [0.25, 0.3) is 11.3 Å². The van der Waals surface area contributed by atoms with Crippen LogP contribution in [0.5, 0.6) is 0 Å². The first kappa shape index (κ1) is 13.4. The lowest BCUT2D eigenvalue weighted by Crippen LogP contribution is -2.07. The standard InChI is InChI=1S/C16H19NO2/c1-4-10-19-16(18)14-11-15(17(3)12(14)2)13-8-6-5-7-9-13/h5-9,11H,4,10H2,1-3H3. The Bertz CT molecular complexity index is 570. The number of esters is 1. The van der Waals surface area contributed by atoms with E-state index in [4.69, 9.17) is 4.74 Å². The van der Waals surface area contributed by atoms with Crippen LogP contribution in [-0.2, 0) is 11.8 Å². The minimum atomic E-state index is -0.239. The van der Waals surface area contributed by atoms with Gasteiger partial charge in [0.2, 0.25) is 0 Å². The number of benzene rings is 1. The second kappa shape index (κ2) is 5.74. The third kappa shape index (κ3) is 2.70.